The van der Waals surface area contributed by atoms with E-state index in [4.69, 9.17) is 0 Å². The van der Waals surface area contributed by atoms with Crippen LogP contribution >= 0.6 is 0 Å². The molecular weight excluding hydrogens is 266 g/mol. The van der Waals surface area contributed by atoms with Crippen molar-refractivity contribution in [1.82, 2.24) is 5.43 Å². The van der Waals surface area contributed by atoms with Gasteiger partial charge in [-0.3, -0.25) is 9.59 Å². The Morgan fingerprint density at radius 3 is 2.95 bits per heavy atom. The van der Waals surface area contributed by atoms with Gasteiger partial charge in [0.1, 0.15) is 0 Å². The highest BCUT2D eigenvalue weighted by atomic mass is 16.2. The second-order valence-corrected chi connectivity index (χ2v) is 6.08. The molecule has 3 atom stereocenters. The summed E-state index contributed by atoms with van der Waals surface area (Å²) >= 11 is 0. The van der Waals surface area contributed by atoms with E-state index in [0.717, 1.165) is 29.8 Å². The number of nitrogens with one attached hydrogen (secondary N) is 2. The highest BCUT2D eigenvalue weighted by Crippen LogP contribution is 2.44. The van der Waals surface area contributed by atoms with Crippen molar-refractivity contribution in [3.8, 4) is 0 Å². The molecule has 5 heteroatoms. The van der Waals surface area contributed by atoms with Gasteiger partial charge in [0.2, 0.25) is 11.8 Å². The average molecular weight is 283 g/mol. The van der Waals surface area contributed by atoms with Crippen molar-refractivity contribution in [2.75, 3.05) is 5.32 Å². The van der Waals surface area contributed by atoms with E-state index >= 15 is 0 Å². The van der Waals surface area contributed by atoms with E-state index in [9.17, 15) is 9.59 Å². The zero-order valence-electron chi connectivity index (χ0n) is 11.8. The van der Waals surface area contributed by atoms with Gasteiger partial charge in [-0.1, -0.05) is 13.0 Å². The molecule has 2 aliphatic heterocycles. The van der Waals surface area contributed by atoms with Gasteiger partial charge in [-0.25, -0.2) is 5.43 Å². The summed E-state index contributed by atoms with van der Waals surface area (Å²) in [5.41, 5.74) is 6.76. The summed E-state index contributed by atoms with van der Waals surface area (Å²) in [5, 5.41) is 7.18. The van der Waals surface area contributed by atoms with Crippen LogP contribution in [0.2, 0.25) is 0 Å². The van der Waals surface area contributed by atoms with Crippen LogP contribution in [-0.4, -0.2) is 17.5 Å². The summed E-state index contributed by atoms with van der Waals surface area (Å²) in [6.07, 6.45) is 2.39. The first-order chi connectivity index (χ1) is 10.2. The van der Waals surface area contributed by atoms with Crippen molar-refractivity contribution in [2.24, 2.45) is 16.9 Å². The maximum absolute atomic E-state index is 11.7. The fourth-order valence-corrected chi connectivity index (χ4v) is 3.42. The maximum Gasteiger partial charge on any atom is 0.243 e. The molecule has 3 unspecified atom stereocenters. The molecule has 4 rings (SSSR count). The standard InChI is InChI=1S/C16H17N3O2/c1-2-8-6-14(20)17-13-4-3-9(5-10(8)13)15-11-7-12(11)16(21)19-18-15/h3-5,8,11-12H,2,6-7H2,1H3,(H,17,20)(H,19,21). The number of carbonyl (C=O) groups is 2. The Bertz CT molecular complexity index is 680. The van der Waals surface area contributed by atoms with E-state index in [0.29, 0.717) is 6.42 Å². The molecule has 21 heavy (non-hydrogen) atoms. The molecule has 0 spiro atoms. The van der Waals surface area contributed by atoms with Crippen LogP contribution in [0.5, 0.6) is 0 Å². The molecule has 0 aromatic heterocycles. The minimum atomic E-state index is 0.0420. The van der Waals surface area contributed by atoms with Crippen LogP contribution in [0.3, 0.4) is 0 Å². The normalized spacial score (nSPS) is 29.8. The number of carbonyl (C=O) groups excluding carboxylic acids is 2. The summed E-state index contributed by atoms with van der Waals surface area (Å²) in [6.45, 7) is 2.11. The fraction of sp³-hybridized carbons (Fsp3) is 0.438. The predicted octanol–water partition coefficient (Wildman–Crippen LogP) is 1.99. The Labute approximate surface area is 122 Å². The number of hydrazone groups is 1. The summed E-state index contributed by atoms with van der Waals surface area (Å²) in [4.78, 5) is 23.2. The second-order valence-electron chi connectivity index (χ2n) is 6.08. The second kappa shape index (κ2) is 4.41. The van der Waals surface area contributed by atoms with Gasteiger partial charge in [0, 0.05) is 23.9 Å². The third kappa shape index (κ3) is 1.95. The first-order valence-corrected chi connectivity index (χ1v) is 7.49. The van der Waals surface area contributed by atoms with Crippen LogP contribution in [0, 0.1) is 11.8 Å². The van der Waals surface area contributed by atoms with Gasteiger partial charge in [-0.15, -0.1) is 0 Å². The van der Waals surface area contributed by atoms with Crippen LogP contribution in [0.4, 0.5) is 5.69 Å². The lowest BCUT2D eigenvalue weighted by Gasteiger charge is -2.25. The van der Waals surface area contributed by atoms with Crippen LogP contribution in [0.1, 0.15) is 43.2 Å². The Hall–Kier alpha value is -2.17. The molecule has 0 radical (unpaired) electrons. The first kappa shape index (κ1) is 12.6. The summed E-state index contributed by atoms with van der Waals surface area (Å²) < 4.78 is 0. The van der Waals surface area contributed by atoms with Gasteiger partial charge in [-0.2, -0.15) is 5.10 Å². The molecule has 1 aromatic rings. The molecule has 1 aromatic carbocycles. The molecule has 1 saturated carbocycles. The Morgan fingerprint density at radius 2 is 2.14 bits per heavy atom. The summed E-state index contributed by atoms with van der Waals surface area (Å²) in [7, 11) is 0. The van der Waals surface area contributed by atoms with E-state index in [1.165, 1.54) is 5.56 Å². The smallest absolute Gasteiger partial charge is 0.243 e. The minimum absolute atomic E-state index is 0.0420. The quantitative estimate of drug-likeness (QED) is 0.871. The van der Waals surface area contributed by atoms with Crippen LogP contribution in [0.15, 0.2) is 23.3 Å². The molecule has 1 aliphatic carbocycles. The van der Waals surface area contributed by atoms with Gasteiger partial charge < -0.3 is 5.32 Å². The topological polar surface area (TPSA) is 70.6 Å². The molecule has 2 N–H and O–H groups in total. The largest absolute Gasteiger partial charge is 0.326 e. The average Bonchev–Trinajstić information content (AvgIpc) is 3.28. The number of fused-ring (bicyclic) bond motifs is 2. The molecule has 2 amide bonds. The van der Waals surface area contributed by atoms with E-state index in [1.807, 2.05) is 12.1 Å². The Balaban J connectivity index is 1.73. The van der Waals surface area contributed by atoms with Crippen LogP contribution < -0.4 is 10.7 Å². The number of amides is 2. The molecule has 5 nitrogen and oxygen atoms in total. The lowest BCUT2D eigenvalue weighted by molar-refractivity contribution is -0.122. The molecule has 0 bridgehead atoms. The number of anilines is 1. The van der Waals surface area contributed by atoms with E-state index in [-0.39, 0.29) is 29.6 Å². The predicted molar refractivity (Wildman–Crippen MR) is 79.0 cm³/mol. The molecule has 0 saturated heterocycles. The van der Waals surface area contributed by atoms with Crippen molar-refractivity contribution < 1.29 is 9.59 Å². The van der Waals surface area contributed by atoms with Gasteiger partial charge in [0.15, 0.2) is 0 Å². The zero-order chi connectivity index (χ0) is 14.6. The number of hydrogen-bond acceptors (Lipinski definition) is 3. The van der Waals surface area contributed by atoms with E-state index in [2.05, 4.69) is 28.8 Å². The highest BCUT2D eigenvalue weighted by molar-refractivity contribution is 6.10. The third-order valence-electron chi connectivity index (χ3n) is 4.75. The van der Waals surface area contributed by atoms with Crippen LogP contribution in [0.25, 0.3) is 0 Å². The van der Waals surface area contributed by atoms with Crippen molar-refractivity contribution in [3.05, 3.63) is 29.3 Å². The molecule has 3 aliphatic rings. The first-order valence-electron chi connectivity index (χ1n) is 7.49. The van der Waals surface area contributed by atoms with E-state index in [1.54, 1.807) is 0 Å². The van der Waals surface area contributed by atoms with Crippen molar-refractivity contribution in [3.63, 3.8) is 0 Å². The van der Waals surface area contributed by atoms with Crippen LogP contribution in [-0.2, 0) is 9.59 Å². The lowest BCUT2D eigenvalue weighted by atomic mass is 9.86. The Morgan fingerprint density at radius 1 is 1.29 bits per heavy atom. The summed E-state index contributed by atoms with van der Waals surface area (Å²) in [5.74, 6) is 0.778. The zero-order valence-corrected chi connectivity index (χ0v) is 11.8. The SMILES string of the molecule is CCC1CC(=O)Nc2ccc(C3=NNC(=O)C4CC34)cc21. The van der Waals surface area contributed by atoms with Crippen molar-refractivity contribution in [1.29, 1.82) is 0 Å². The summed E-state index contributed by atoms with van der Waals surface area (Å²) in [6, 6.07) is 6.08. The number of rotatable bonds is 2. The van der Waals surface area contributed by atoms with Gasteiger partial charge in [0.05, 0.1) is 5.71 Å². The fourth-order valence-electron chi connectivity index (χ4n) is 3.42. The number of nitrogens with zero attached hydrogens (tertiary/aromatic N) is 1. The minimum Gasteiger partial charge on any atom is -0.326 e. The number of hydrogen-bond donors (Lipinski definition) is 2. The number of benzene rings is 1. The lowest BCUT2D eigenvalue weighted by Crippen LogP contribution is -2.29. The van der Waals surface area contributed by atoms with Crippen molar-refractivity contribution in [2.45, 2.75) is 32.1 Å². The van der Waals surface area contributed by atoms with Crippen molar-refractivity contribution >= 4 is 23.2 Å². The third-order valence-corrected chi connectivity index (χ3v) is 4.75. The Kier molecular flexibility index (Phi) is 2.64. The molecule has 2 heterocycles. The highest BCUT2D eigenvalue weighted by Gasteiger charge is 2.49. The van der Waals surface area contributed by atoms with Gasteiger partial charge >= 0.3 is 0 Å². The monoisotopic (exact) mass is 283 g/mol. The van der Waals surface area contributed by atoms with Gasteiger partial charge in [0.25, 0.3) is 0 Å². The molecule has 1 fully saturated rings. The molecular formula is C16H17N3O2. The van der Waals surface area contributed by atoms with E-state index < -0.39 is 0 Å². The maximum atomic E-state index is 11.7. The van der Waals surface area contributed by atoms with Gasteiger partial charge in [-0.05, 0) is 42.0 Å². The molecule has 108 valence electrons.